The first-order valence-corrected chi connectivity index (χ1v) is 8.71. The van der Waals surface area contributed by atoms with Gasteiger partial charge < -0.3 is 25.6 Å². The molecule has 1 aliphatic heterocycles. The van der Waals surface area contributed by atoms with E-state index in [0.29, 0.717) is 31.1 Å². The van der Waals surface area contributed by atoms with Crippen LogP contribution in [0.15, 0.2) is 36.4 Å². The molecule has 1 aliphatic rings. The van der Waals surface area contributed by atoms with E-state index in [2.05, 4.69) is 12.1 Å². The van der Waals surface area contributed by atoms with E-state index in [1.165, 1.54) is 24.8 Å². The van der Waals surface area contributed by atoms with Crippen LogP contribution in [-0.2, 0) is 6.54 Å². The molecule has 0 radical (unpaired) electrons. The number of piperidine rings is 1. The molecule has 26 heavy (non-hydrogen) atoms. The van der Waals surface area contributed by atoms with Gasteiger partial charge in [0.15, 0.2) is 11.5 Å². The molecular weight excluding hydrogens is 332 g/mol. The van der Waals surface area contributed by atoms with E-state index in [0.717, 1.165) is 18.4 Å². The van der Waals surface area contributed by atoms with Gasteiger partial charge in [0.25, 0.3) is 5.91 Å². The number of carbonyl (C=O) groups is 1. The molecule has 1 amide bonds. The third kappa shape index (κ3) is 3.60. The summed E-state index contributed by atoms with van der Waals surface area (Å²) in [5.74, 6) is -0.397. The number of likely N-dealkylation sites (tertiary alicyclic amines) is 1. The zero-order chi connectivity index (χ0) is 18.7. The Morgan fingerprint density at radius 2 is 1.96 bits per heavy atom. The molecule has 0 bridgehead atoms. The Bertz CT molecular complexity index is 798. The molecule has 2 aromatic rings. The van der Waals surface area contributed by atoms with Gasteiger partial charge in [0.2, 0.25) is 5.75 Å². The van der Waals surface area contributed by atoms with Crippen LogP contribution in [0.25, 0.3) is 0 Å². The first-order chi connectivity index (χ1) is 12.5. The third-order valence-corrected chi connectivity index (χ3v) is 4.96. The molecule has 1 heterocycles. The lowest BCUT2D eigenvalue weighted by Crippen LogP contribution is -2.37. The van der Waals surface area contributed by atoms with Crippen molar-refractivity contribution < 1.29 is 19.7 Å². The summed E-state index contributed by atoms with van der Waals surface area (Å²) < 4.78 is 5.01. The molecule has 2 aromatic carbocycles. The monoisotopic (exact) mass is 356 g/mol. The predicted molar refractivity (Wildman–Crippen MR) is 98.5 cm³/mol. The lowest BCUT2D eigenvalue weighted by molar-refractivity contribution is 0.0712. The minimum Gasteiger partial charge on any atom is -0.504 e. The summed E-state index contributed by atoms with van der Waals surface area (Å²) >= 11 is 0. The van der Waals surface area contributed by atoms with Crippen molar-refractivity contribution in [2.24, 2.45) is 5.73 Å². The van der Waals surface area contributed by atoms with Crippen molar-refractivity contribution in [3.63, 3.8) is 0 Å². The maximum Gasteiger partial charge on any atom is 0.254 e. The SMILES string of the molecule is COc1cc(C(=O)N2CCC(c3cccc(CN)c3)CC2)cc(O)c1O. The molecule has 4 N–H and O–H groups in total. The molecule has 138 valence electrons. The summed E-state index contributed by atoms with van der Waals surface area (Å²) in [6.45, 7) is 1.80. The van der Waals surface area contributed by atoms with Crippen molar-refractivity contribution in [2.45, 2.75) is 25.3 Å². The van der Waals surface area contributed by atoms with Gasteiger partial charge in [-0.1, -0.05) is 24.3 Å². The van der Waals surface area contributed by atoms with Crippen molar-refractivity contribution in [3.05, 3.63) is 53.1 Å². The van der Waals surface area contributed by atoms with Crippen LogP contribution in [0.3, 0.4) is 0 Å². The van der Waals surface area contributed by atoms with E-state index in [1.807, 2.05) is 12.1 Å². The summed E-state index contributed by atoms with van der Waals surface area (Å²) in [6, 6.07) is 11.0. The number of phenolic OH excluding ortho intramolecular Hbond substituents is 2. The highest BCUT2D eigenvalue weighted by atomic mass is 16.5. The van der Waals surface area contributed by atoms with Crippen LogP contribution in [0.1, 0.15) is 40.2 Å². The number of benzene rings is 2. The van der Waals surface area contributed by atoms with Crippen molar-refractivity contribution in [1.29, 1.82) is 0 Å². The number of ether oxygens (including phenoxy) is 1. The number of nitrogens with zero attached hydrogens (tertiary/aromatic N) is 1. The number of hydrogen-bond acceptors (Lipinski definition) is 5. The van der Waals surface area contributed by atoms with Crippen LogP contribution in [0.4, 0.5) is 0 Å². The number of nitrogens with two attached hydrogens (primary N) is 1. The minimum atomic E-state index is -0.360. The van der Waals surface area contributed by atoms with Gasteiger partial charge in [0.1, 0.15) is 0 Å². The number of rotatable bonds is 4. The maximum atomic E-state index is 12.7. The van der Waals surface area contributed by atoms with Crippen LogP contribution in [0.2, 0.25) is 0 Å². The van der Waals surface area contributed by atoms with Gasteiger partial charge in [0.05, 0.1) is 7.11 Å². The molecular formula is C20H24N2O4. The van der Waals surface area contributed by atoms with Gasteiger partial charge in [0, 0.05) is 25.2 Å². The van der Waals surface area contributed by atoms with Gasteiger partial charge in [-0.2, -0.15) is 0 Å². The first kappa shape index (κ1) is 18.1. The average Bonchev–Trinajstić information content (AvgIpc) is 2.69. The number of methoxy groups -OCH3 is 1. The zero-order valence-electron chi connectivity index (χ0n) is 14.8. The Morgan fingerprint density at radius 1 is 1.23 bits per heavy atom. The van der Waals surface area contributed by atoms with Crippen LogP contribution in [-0.4, -0.2) is 41.2 Å². The second-order valence-corrected chi connectivity index (χ2v) is 6.56. The molecule has 0 atom stereocenters. The fraction of sp³-hybridized carbons (Fsp3) is 0.350. The van der Waals surface area contributed by atoms with E-state index < -0.39 is 0 Å². The number of hydrogen-bond donors (Lipinski definition) is 3. The Hall–Kier alpha value is -2.73. The molecule has 6 heteroatoms. The molecule has 6 nitrogen and oxygen atoms in total. The highest BCUT2D eigenvalue weighted by molar-refractivity contribution is 5.95. The van der Waals surface area contributed by atoms with Gasteiger partial charge in [-0.05, 0) is 42.0 Å². The average molecular weight is 356 g/mol. The van der Waals surface area contributed by atoms with Crippen molar-refractivity contribution in [3.8, 4) is 17.2 Å². The molecule has 1 fully saturated rings. The quantitative estimate of drug-likeness (QED) is 0.732. The number of phenols is 2. The van der Waals surface area contributed by atoms with Crippen LogP contribution < -0.4 is 10.5 Å². The minimum absolute atomic E-state index is 0.0850. The van der Waals surface area contributed by atoms with Crippen LogP contribution in [0, 0.1) is 0 Å². The molecule has 0 spiro atoms. The van der Waals surface area contributed by atoms with E-state index >= 15 is 0 Å². The Morgan fingerprint density at radius 3 is 2.62 bits per heavy atom. The van der Waals surface area contributed by atoms with Crippen LogP contribution in [0.5, 0.6) is 17.2 Å². The van der Waals surface area contributed by atoms with Crippen molar-refractivity contribution in [1.82, 2.24) is 4.90 Å². The second kappa shape index (κ2) is 7.66. The largest absolute Gasteiger partial charge is 0.504 e. The van der Waals surface area contributed by atoms with Gasteiger partial charge in [-0.25, -0.2) is 0 Å². The van der Waals surface area contributed by atoms with Crippen LogP contribution >= 0.6 is 0 Å². The molecule has 3 rings (SSSR count). The highest BCUT2D eigenvalue weighted by Crippen LogP contribution is 2.37. The molecule has 0 aromatic heterocycles. The lowest BCUT2D eigenvalue weighted by Gasteiger charge is -2.32. The third-order valence-electron chi connectivity index (χ3n) is 4.96. The van der Waals surface area contributed by atoms with E-state index in [4.69, 9.17) is 10.5 Å². The zero-order valence-corrected chi connectivity index (χ0v) is 14.8. The first-order valence-electron chi connectivity index (χ1n) is 8.71. The lowest BCUT2D eigenvalue weighted by atomic mass is 9.88. The van der Waals surface area contributed by atoms with E-state index in [1.54, 1.807) is 4.90 Å². The van der Waals surface area contributed by atoms with E-state index in [9.17, 15) is 15.0 Å². The van der Waals surface area contributed by atoms with Crippen molar-refractivity contribution >= 4 is 5.91 Å². The Balaban J connectivity index is 1.70. The highest BCUT2D eigenvalue weighted by Gasteiger charge is 2.26. The summed E-state index contributed by atoms with van der Waals surface area (Å²) in [5, 5.41) is 19.5. The standard InChI is InChI=1S/C20H24N2O4/c1-26-18-11-16(10-17(23)19(18)24)20(25)22-7-5-14(6-8-22)15-4-2-3-13(9-15)12-21/h2-4,9-11,14,23-24H,5-8,12,21H2,1H3. The van der Waals surface area contributed by atoms with Crippen molar-refractivity contribution in [2.75, 3.05) is 20.2 Å². The summed E-state index contributed by atoms with van der Waals surface area (Å²) in [7, 11) is 1.38. The predicted octanol–water partition coefficient (Wildman–Crippen LogP) is 2.58. The topological polar surface area (TPSA) is 96.0 Å². The molecule has 1 saturated heterocycles. The smallest absolute Gasteiger partial charge is 0.254 e. The van der Waals surface area contributed by atoms with Gasteiger partial charge in [-0.15, -0.1) is 0 Å². The number of carbonyl (C=O) groups excluding carboxylic acids is 1. The van der Waals surface area contributed by atoms with E-state index in [-0.39, 0.29) is 23.2 Å². The number of amides is 1. The number of aromatic hydroxyl groups is 2. The molecule has 0 aliphatic carbocycles. The van der Waals surface area contributed by atoms with Gasteiger partial charge in [-0.3, -0.25) is 4.79 Å². The fourth-order valence-electron chi connectivity index (χ4n) is 3.44. The Labute approximate surface area is 152 Å². The normalized spacial score (nSPS) is 15.1. The fourth-order valence-corrected chi connectivity index (χ4v) is 3.44. The van der Waals surface area contributed by atoms with Gasteiger partial charge >= 0.3 is 0 Å². The summed E-state index contributed by atoms with van der Waals surface area (Å²) in [4.78, 5) is 14.5. The maximum absolute atomic E-state index is 12.7. The summed E-state index contributed by atoms with van der Waals surface area (Å²) in [6.07, 6.45) is 1.75. The molecule has 0 saturated carbocycles. The molecule has 0 unspecified atom stereocenters. The Kier molecular flexibility index (Phi) is 5.32. The second-order valence-electron chi connectivity index (χ2n) is 6.56. The summed E-state index contributed by atoms with van der Waals surface area (Å²) in [5.41, 5.74) is 8.41.